The molecule has 0 N–H and O–H groups in total. The molecule has 4 nitrogen and oxygen atoms in total. The van der Waals surface area contributed by atoms with Gasteiger partial charge in [-0.1, -0.05) is 20.8 Å². The van der Waals surface area contributed by atoms with Gasteiger partial charge >= 0.3 is 0 Å². The van der Waals surface area contributed by atoms with E-state index in [9.17, 15) is 0 Å². The summed E-state index contributed by atoms with van der Waals surface area (Å²) < 4.78 is 2.09. The molecule has 3 heterocycles. The predicted molar refractivity (Wildman–Crippen MR) is 75.4 cm³/mol. The summed E-state index contributed by atoms with van der Waals surface area (Å²) in [7, 11) is 0. The van der Waals surface area contributed by atoms with Gasteiger partial charge in [-0.2, -0.15) is 0 Å². The van der Waals surface area contributed by atoms with Crippen molar-refractivity contribution in [2.45, 2.75) is 26.2 Å². The van der Waals surface area contributed by atoms with Crippen LogP contribution in [0.3, 0.4) is 0 Å². The Morgan fingerprint density at radius 1 is 1.05 bits per heavy atom. The first-order valence-electron chi connectivity index (χ1n) is 6.32. The Kier molecular flexibility index (Phi) is 2.59. The van der Waals surface area contributed by atoms with E-state index in [4.69, 9.17) is 4.98 Å². The molecule has 0 saturated carbocycles. The van der Waals surface area contributed by atoms with Crippen LogP contribution in [0.2, 0.25) is 0 Å². The molecule has 3 aromatic rings. The molecule has 0 unspecified atom stereocenters. The van der Waals surface area contributed by atoms with Crippen LogP contribution in [0.4, 0.5) is 0 Å². The van der Waals surface area contributed by atoms with Gasteiger partial charge in [0.1, 0.15) is 11.3 Å². The lowest BCUT2D eigenvalue weighted by Crippen LogP contribution is -2.18. The van der Waals surface area contributed by atoms with E-state index in [1.807, 2.05) is 30.5 Å². The van der Waals surface area contributed by atoms with Gasteiger partial charge in [0.2, 0.25) is 0 Å². The van der Waals surface area contributed by atoms with Crippen molar-refractivity contribution in [3.63, 3.8) is 0 Å². The van der Waals surface area contributed by atoms with E-state index in [0.29, 0.717) is 0 Å². The second kappa shape index (κ2) is 4.16. The van der Waals surface area contributed by atoms with Gasteiger partial charge < -0.3 is 0 Å². The molecule has 4 heteroatoms. The maximum atomic E-state index is 4.73. The Morgan fingerprint density at radius 3 is 2.53 bits per heavy atom. The fourth-order valence-electron chi connectivity index (χ4n) is 2.15. The Labute approximate surface area is 112 Å². The minimum absolute atomic E-state index is 0.0590. The van der Waals surface area contributed by atoms with Crippen LogP contribution in [-0.2, 0) is 5.41 Å². The number of rotatable bonds is 1. The summed E-state index contributed by atoms with van der Waals surface area (Å²) in [5.74, 6) is 0.995. The molecule has 3 aromatic heterocycles. The normalized spacial score (nSPS) is 11.9. The Morgan fingerprint density at radius 2 is 1.84 bits per heavy atom. The average Bonchev–Trinajstić information content (AvgIpc) is 2.79. The third kappa shape index (κ3) is 1.99. The van der Waals surface area contributed by atoms with E-state index < -0.39 is 0 Å². The molecule has 0 atom stereocenters. The molecule has 0 saturated heterocycles. The highest BCUT2D eigenvalue weighted by atomic mass is 15.1. The van der Waals surface area contributed by atoms with Crippen LogP contribution in [0.1, 0.15) is 26.6 Å². The van der Waals surface area contributed by atoms with Crippen LogP contribution in [0.25, 0.3) is 16.9 Å². The molecule has 0 aliphatic carbocycles. The van der Waals surface area contributed by atoms with Crippen LogP contribution in [-0.4, -0.2) is 19.5 Å². The van der Waals surface area contributed by atoms with Crippen LogP contribution >= 0.6 is 0 Å². The molecular formula is C15H16N4. The SMILES string of the molecule is CC(C)(C)c1nc2cccnc2n1-c1cccnc1. The topological polar surface area (TPSA) is 43.6 Å². The maximum absolute atomic E-state index is 4.73. The molecule has 0 bridgehead atoms. The summed E-state index contributed by atoms with van der Waals surface area (Å²) >= 11 is 0. The summed E-state index contributed by atoms with van der Waals surface area (Å²) in [6.07, 6.45) is 5.40. The Balaban J connectivity index is 2.38. The number of aromatic nitrogens is 4. The number of imidazole rings is 1. The molecule has 0 aromatic carbocycles. The largest absolute Gasteiger partial charge is 0.279 e. The highest BCUT2D eigenvalue weighted by Crippen LogP contribution is 2.28. The van der Waals surface area contributed by atoms with Crippen molar-refractivity contribution in [2.24, 2.45) is 0 Å². The van der Waals surface area contributed by atoms with E-state index in [1.54, 1.807) is 12.4 Å². The lowest BCUT2D eigenvalue weighted by molar-refractivity contribution is 0.538. The monoisotopic (exact) mass is 252 g/mol. The van der Waals surface area contributed by atoms with Gasteiger partial charge in [-0.15, -0.1) is 0 Å². The Hall–Kier alpha value is -2.23. The summed E-state index contributed by atoms with van der Waals surface area (Å²) in [6, 6.07) is 7.86. The molecule has 0 amide bonds. The van der Waals surface area contributed by atoms with Crippen molar-refractivity contribution >= 4 is 11.2 Å². The van der Waals surface area contributed by atoms with Gasteiger partial charge in [0, 0.05) is 17.8 Å². The van der Waals surface area contributed by atoms with Crippen molar-refractivity contribution in [3.8, 4) is 5.69 Å². The number of fused-ring (bicyclic) bond motifs is 1. The average molecular weight is 252 g/mol. The first-order chi connectivity index (χ1) is 9.07. The van der Waals surface area contributed by atoms with E-state index in [2.05, 4.69) is 35.3 Å². The minimum atomic E-state index is -0.0590. The highest BCUT2D eigenvalue weighted by molar-refractivity contribution is 5.74. The van der Waals surface area contributed by atoms with Crippen molar-refractivity contribution in [1.29, 1.82) is 0 Å². The quantitative estimate of drug-likeness (QED) is 0.668. The van der Waals surface area contributed by atoms with Crippen LogP contribution in [0.5, 0.6) is 0 Å². The third-order valence-electron chi connectivity index (χ3n) is 2.99. The third-order valence-corrected chi connectivity index (χ3v) is 2.99. The standard InChI is InChI=1S/C15H16N4/c1-15(2,3)14-18-12-7-5-9-17-13(12)19(14)11-6-4-8-16-10-11/h4-10H,1-3H3. The van der Waals surface area contributed by atoms with Crippen molar-refractivity contribution in [2.75, 3.05) is 0 Å². The molecule has 0 spiro atoms. The zero-order valence-electron chi connectivity index (χ0n) is 11.3. The van der Waals surface area contributed by atoms with Gasteiger partial charge in [0.15, 0.2) is 5.65 Å². The van der Waals surface area contributed by atoms with Gasteiger partial charge in [-0.25, -0.2) is 9.97 Å². The zero-order valence-corrected chi connectivity index (χ0v) is 11.3. The molecular weight excluding hydrogens is 236 g/mol. The van der Waals surface area contributed by atoms with Crippen molar-refractivity contribution in [3.05, 3.63) is 48.7 Å². The second-order valence-corrected chi connectivity index (χ2v) is 5.58. The Bertz CT molecular complexity index is 708. The van der Waals surface area contributed by atoms with Gasteiger partial charge in [0.05, 0.1) is 11.9 Å². The first-order valence-corrected chi connectivity index (χ1v) is 6.32. The van der Waals surface area contributed by atoms with Gasteiger partial charge in [-0.3, -0.25) is 9.55 Å². The van der Waals surface area contributed by atoms with E-state index in [0.717, 1.165) is 22.7 Å². The van der Waals surface area contributed by atoms with E-state index in [1.165, 1.54) is 0 Å². The lowest BCUT2D eigenvalue weighted by atomic mass is 9.95. The summed E-state index contributed by atoms with van der Waals surface area (Å²) in [5.41, 5.74) is 2.72. The zero-order chi connectivity index (χ0) is 13.5. The van der Waals surface area contributed by atoms with Crippen molar-refractivity contribution in [1.82, 2.24) is 19.5 Å². The minimum Gasteiger partial charge on any atom is -0.279 e. The van der Waals surface area contributed by atoms with Crippen molar-refractivity contribution < 1.29 is 0 Å². The van der Waals surface area contributed by atoms with Gasteiger partial charge in [-0.05, 0) is 24.3 Å². The fraction of sp³-hybridized carbons (Fsp3) is 0.267. The van der Waals surface area contributed by atoms with Crippen LogP contribution in [0, 0.1) is 0 Å². The number of hydrogen-bond donors (Lipinski definition) is 0. The molecule has 3 rings (SSSR count). The van der Waals surface area contributed by atoms with E-state index in [-0.39, 0.29) is 5.41 Å². The maximum Gasteiger partial charge on any atom is 0.164 e. The summed E-state index contributed by atoms with van der Waals surface area (Å²) in [5, 5.41) is 0. The molecule has 0 fully saturated rings. The van der Waals surface area contributed by atoms with Gasteiger partial charge in [0.25, 0.3) is 0 Å². The smallest absolute Gasteiger partial charge is 0.164 e. The molecule has 96 valence electrons. The molecule has 0 aliphatic rings. The number of nitrogens with zero attached hydrogens (tertiary/aromatic N) is 4. The van der Waals surface area contributed by atoms with E-state index >= 15 is 0 Å². The predicted octanol–water partition coefficient (Wildman–Crippen LogP) is 3.11. The molecule has 0 aliphatic heterocycles. The van der Waals surface area contributed by atoms with Crippen LogP contribution < -0.4 is 0 Å². The summed E-state index contributed by atoms with van der Waals surface area (Å²) in [6.45, 7) is 6.46. The highest BCUT2D eigenvalue weighted by Gasteiger charge is 2.24. The second-order valence-electron chi connectivity index (χ2n) is 5.58. The summed E-state index contributed by atoms with van der Waals surface area (Å²) in [4.78, 5) is 13.4. The lowest BCUT2D eigenvalue weighted by Gasteiger charge is -2.19. The number of pyridine rings is 2. The number of hydrogen-bond acceptors (Lipinski definition) is 3. The molecule has 0 radical (unpaired) electrons. The first kappa shape index (κ1) is 11.8. The molecule has 19 heavy (non-hydrogen) atoms. The fourth-order valence-corrected chi connectivity index (χ4v) is 2.15. The van der Waals surface area contributed by atoms with Crippen LogP contribution in [0.15, 0.2) is 42.9 Å².